The summed E-state index contributed by atoms with van der Waals surface area (Å²) in [6.45, 7) is 2.61. The van der Waals surface area contributed by atoms with Crippen molar-refractivity contribution in [3.63, 3.8) is 0 Å². The van der Waals surface area contributed by atoms with E-state index >= 15 is 0 Å². The summed E-state index contributed by atoms with van der Waals surface area (Å²) in [6, 6.07) is 5.67. The predicted molar refractivity (Wildman–Crippen MR) is 68.2 cm³/mol. The van der Waals surface area contributed by atoms with Crippen molar-refractivity contribution in [1.29, 1.82) is 0 Å². The number of amides is 1. The monoisotopic (exact) mass is 235 g/mol. The molecule has 0 radical (unpaired) electrons. The molecule has 1 amide bonds. The van der Waals surface area contributed by atoms with Crippen molar-refractivity contribution in [3.8, 4) is 0 Å². The number of aromatic nitrogens is 1. The quantitative estimate of drug-likeness (QED) is 0.814. The molecule has 1 unspecified atom stereocenters. The van der Waals surface area contributed by atoms with Crippen LogP contribution in [-0.2, 0) is 11.3 Å². The number of nitrogens with zero attached hydrogens (tertiary/aromatic N) is 2. The van der Waals surface area contributed by atoms with Crippen LogP contribution in [0.4, 0.5) is 0 Å². The largest absolute Gasteiger partial charge is 0.340 e. The van der Waals surface area contributed by atoms with Crippen LogP contribution in [0.3, 0.4) is 0 Å². The number of carbonyl (C=O) groups excluding carboxylic acids is 1. The molecule has 2 N–H and O–H groups in total. The molecule has 0 saturated carbocycles. The Morgan fingerprint density at radius 1 is 1.53 bits per heavy atom. The predicted octanol–water partition coefficient (Wildman–Crippen LogP) is 1.56. The molecule has 0 bridgehead atoms. The first-order valence-electron chi connectivity index (χ1n) is 6.03. The molecule has 0 aliphatic heterocycles. The van der Waals surface area contributed by atoms with Crippen LogP contribution in [0.5, 0.6) is 0 Å². The molecule has 1 heterocycles. The molecule has 0 spiro atoms. The van der Waals surface area contributed by atoms with Gasteiger partial charge in [0.25, 0.3) is 0 Å². The van der Waals surface area contributed by atoms with E-state index in [1.807, 2.05) is 18.2 Å². The van der Waals surface area contributed by atoms with Crippen LogP contribution < -0.4 is 5.73 Å². The van der Waals surface area contributed by atoms with E-state index in [0.717, 1.165) is 18.5 Å². The lowest BCUT2D eigenvalue weighted by Crippen LogP contribution is -2.33. The van der Waals surface area contributed by atoms with Gasteiger partial charge in [-0.1, -0.05) is 19.4 Å². The highest BCUT2D eigenvalue weighted by molar-refractivity contribution is 5.76. The minimum absolute atomic E-state index is 0.0290. The lowest BCUT2D eigenvalue weighted by molar-refractivity contribution is -0.130. The Hall–Kier alpha value is -1.42. The van der Waals surface area contributed by atoms with Gasteiger partial charge in [0.1, 0.15) is 0 Å². The van der Waals surface area contributed by atoms with E-state index in [1.165, 1.54) is 0 Å². The van der Waals surface area contributed by atoms with E-state index in [1.54, 1.807) is 18.1 Å². The second-order valence-corrected chi connectivity index (χ2v) is 4.32. The fraction of sp³-hybridized carbons (Fsp3) is 0.538. The van der Waals surface area contributed by atoms with Crippen LogP contribution in [0.15, 0.2) is 24.4 Å². The fourth-order valence-electron chi connectivity index (χ4n) is 1.68. The highest BCUT2D eigenvalue weighted by Crippen LogP contribution is 2.04. The SMILES string of the molecule is CCCC(N)CC(=O)N(C)Cc1ccccn1. The van der Waals surface area contributed by atoms with E-state index in [2.05, 4.69) is 11.9 Å². The molecule has 17 heavy (non-hydrogen) atoms. The van der Waals surface area contributed by atoms with E-state index in [0.29, 0.717) is 13.0 Å². The topological polar surface area (TPSA) is 59.2 Å². The Morgan fingerprint density at radius 3 is 2.88 bits per heavy atom. The standard InChI is InChI=1S/C13H21N3O/c1-3-6-11(14)9-13(17)16(2)10-12-7-4-5-8-15-12/h4-5,7-8,11H,3,6,9-10,14H2,1-2H3. The van der Waals surface area contributed by atoms with Crippen molar-refractivity contribution in [1.82, 2.24) is 9.88 Å². The molecule has 0 aliphatic carbocycles. The third-order valence-corrected chi connectivity index (χ3v) is 2.65. The van der Waals surface area contributed by atoms with Crippen LogP contribution in [0, 0.1) is 0 Å². The minimum Gasteiger partial charge on any atom is -0.340 e. The Labute approximate surface area is 103 Å². The maximum Gasteiger partial charge on any atom is 0.224 e. The highest BCUT2D eigenvalue weighted by atomic mass is 16.2. The Kier molecular flexibility index (Phi) is 5.63. The number of hydrogen-bond acceptors (Lipinski definition) is 3. The van der Waals surface area contributed by atoms with Crippen molar-refractivity contribution >= 4 is 5.91 Å². The van der Waals surface area contributed by atoms with Gasteiger partial charge in [-0.2, -0.15) is 0 Å². The lowest BCUT2D eigenvalue weighted by Gasteiger charge is -2.19. The smallest absolute Gasteiger partial charge is 0.224 e. The van der Waals surface area contributed by atoms with E-state index in [4.69, 9.17) is 5.73 Å². The Bertz CT molecular complexity index is 340. The van der Waals surface area contributed by atoms with Gasteiger partial charge in [0.15, 0.2) is 0 Å². The second kappa shape index (κ2) is 7.01. The summed E-state index contributed by atoms with van der Waals surface area (Å²) in [5.41, 5.74) is 6.75. The minimum atomic E-state index is -0.0290. The molecule has 1 rings (SSSR count). The van der Waals surface area contributed by atoms with Gasteiger partial charge in [-0.15, -0.1) is 0 Å². The van der Waals surface area contributed by atoms with Gasteiger partial charge in [-0.3, -0.25) is 9.78 Å². The third kappa shape index (κ3) is 4.95. The van der Waals surface area contributed by atoms with Crippen LogP contribution in [0.25, 0.3) is 0 Å². The average molecular weight is 235 g/mol. The lowest BCUT2D eigenvalue weighted by atomic mass is 10.1. The van der Waals surface area contributed by atoms with Crippen molar-refractivity contribution in [2.75, 3.05) is 7.05 Å². The average Bonchev–Trinajstić information content (AvgIpc) is 2.30. The van der Waals surface area contributed by atoms with Crippen LogP contribution in [-0.4, -0.2) is 28.9 Å². The van der Waals surface area contributed by atoms with Crippen LogP contribution in [0.1, 0.15) is 31.9 Å². The molecule has 94 valence electrons. The molecule has 4 heteroatoms. The number of pyridine rings is 1. The van der Waals surface area contributed by atoms with Gasteiger partial charge in [0.2, 0.25) is 5.91 Å². The molecule has 1 aromatic heterocycles. The first-order valence-corrected chi connectivity index (χ1v) is 6.03. The Morgan fingerprint density at radius 2 is 2.29 bits per heavy atom. The van der Waals surface area contributed by atoms with E-state index < -0.39 is 0 Å². The molecule has 0 fully saturated rings. The summed E-state index contributed by atoms with van der Waals surface area (Å²) in [5.74, 6) is 0.0802. The molecular formula is C13H21N3O. The fourth-order valence-corrected chi connectivity index (χ4v) is 1.68. The summed E-state index contributed by atoms with van der Waals surface area (Å²) in [4.78, 5) is 17.7. The number of carbonyl (C=O) groups is 1. The molecule has 0 saturated heterocycles. The zero-order valence-electron chi connectivity index (χ0n) is 10.6. The second-order valence-electron chi connectivity index (χ2n) is 4.32. The summed E-state index contributed by atoms with van der Waals surface area (Å²) in [7, 11) is 1.79. The molecule has 0 aromatic carbocycles. The molecule has 1 atom stereocenters. The molecule has 1 aromatic rings. The van der Waals surface area contributed by atoms with Crippen molar-refractivity contribution < 1.29 is 4.79 Å². The van der Waals surface area contributed by atoms with E-state index in [9.17, 15) is 4.79 Å². The first-order chi connectivity index (χ1) is 8.13. The van der Waals surface area contributed by atoms with Gasteiger partial charge >= 0.3 is 0 Å². The van der Waals surface area contributed by atoms with Gasteiger partial charge in [0.05, 0.1) is 12.2 Å². The maximum absolute atomic E-state index is 11.9. The zero-order valence-corrected chi connectivity index (χ0v) is 10.6. The van der Waals surface area contributed by atoms with Gasteiger partial charge < -0.3 is 10.6 Å². The number of rotatable bonds is 6. The van der Waals surface area contributed by atoms with Crippen LogP contribution in [0.2, 0.25) is 0 Å². The van der Waals surface area contributed by atoms with Crippen molar-refractivity contribution in [2.24, 2.45) is 5.73 Å². The summed E-state index contributed by atoms with van der Waals surface area (Å²) < 4.78 is 0. The summed E-state index contributed by atoms with van der Waals surface area (Å²) >= 11 is 0. The van der Waals surface area contributed by atoms with Crippen LogP contribution >= 0.6 is 0 Å². The summed E-state index contributed by atoms with van der Waals surface area (Å²) in [6.07, 6.45) is 4.05. The zero-order chi connectivity index (χ0) is 12.7. The van der Waals surface area contributed by atoms with Crippen molar-refractivity contribution in [3.05, 3.63) is 30.1 Å². The van der Waals surface area contributed by atoms with Gasteiger partial charge in [0, 0.05) is 25.7 Å². The van der Waals surface area contributed by atoms with Crippen molar-refractivity contribution in [2.45, 2.75) is 38.8 Å². The summed E-state index contributed by atoms with van der Waals surface area (Å²) in [5, 5.41) is 0. The molecule has 4 nitrogen and oxygen atoms in total. The number of nitrogens with two attached hydrogens (primary N) is 1. The maximum atomic E-state index is 11.9. The Balaban J connectivity index is 2.42. The molecular weight excluding hydrogens is 214 g/mol. The van der Waals surface area contributed by atoms with E-state index in [-0.39, 0.29) is 11.9 Å². The first kappa shape index (κ1) is 13.6. The van der Waals surface area contributed by atoms with Gasteiger partial charge in [-0.25, -0.2) is 0 Å². The number of hydrogen-bond donors (Lipinski definition) is 1. The third-order valence-electron chi connectivity index (χ3n) is 2.65. The molecule has 0 aliphatic rings. The highest BCUT2D eigenvalue weighted by Gasteiger charge is 2.13. The van der Waals surface area contributed by atoms with Gasteiger partial charge in [-0.05, 0) is 18.6 Å². The normalized spacial score (nSPS) is 12.2.